The fraction of sp³-hybridized carbons (Fsp3) is 0.258. The third-order valence-electron chi connectivity index (χ3n) is 7.38. The second-order valence-corrected chi connectivity index (χ2v) is 9.96. The van der Waals surface area contributed by atoms with Crippen molar-refractivity contribution in [1.29, 1.82) is 0 Å². The van der Waals surface area contributed by atoms with Gasteiger partial charge in [0.25, 0.3) is 5.91 Å². The van der Waals surface area contributed by atoms with Gasteiger partial charge in [0.2, 0.25) is 5.91 Å². The molecule has 1 N–H and O–H groups in total. The zero-order chi connectivity index (χ0) is 25.4. The molecule has 1 aromatic heterocycles. The normalized spacial score (nSPS) is 16.2. The summed E-state index contributed by atoms with van der Waals surface area (Å²) in [4.78, 5) is 33.5. The van der Waals surface area contributed by atoms with E-state index in [-0.39, 0.29) is 30.2 Å². The van der Waals surface area contributed by atoms with Gasteiger partial charge in [0.1, 0.15) is 5.82 Å². The molecule has 186 valence electrons. The first-order valence-corrected chi connectivity index (χ1v) is 12.9. The molecule has 2 fully saturated rings. The van der Waals surface area contributed by atoms with Crippen molar-refractivity contribution in [1.82, 2.24) is 15.2 Å². The highest BCUT2D eigenvalue weighted by atomic mass is 19.1. The first kappa shape index (κ1) is 23.3. The highest BCUT2D eigenvalue weighted by molar-refractivity contribution is 6.09. The minimum Gasteiger partial charge on any atom is -0.345 e. The Morgan fingerprint density at radius 1 is 1.03 bits per heavy atom. The lowest BCUT2D eigenvalue weighted by atomic mass is 9.94. The largest absolute Gasteiger partial charge is 0.345 e. The number of amides is 2. The van der Waals surface area contributed by atoms with Gasteiger partial charge in [-0.2, -0.15) is 0 Å². The van der Waals surface area contributed by atoms with Crippen molar-refractivity contribution in [2.24, 2.45) is 5.92 Å². The van der Waals surface area contributed by atoms with Crippen LogP contribution in [0.5, 0.6) is 0 Å². The summed E-state index contributed by atoms with van der Waals surface area (Å²) in [5.74, 6) is -0.117. The highest BCUT2D eigenvalue weighted by Crippen LogP contribution is 2.41. The number of benzene rings is 3. The van der Waals surface area contributed by atoms with Gasteiger partial charge in [-0.05, 0) is 48.9 Å². The zero-order valence-corrected chi connectivity index (χ0v) is 20.5. The van der Waals surface area contributed by atoms with E-state index in [2.05, 4.69) is 17.4 Å². The summed E-state index contributed by atoms with van der Waals surface area (Å²) in [5, 5.41) is 4.05. The summed E-state index contributed by atoms with van der Waals surface area (Å²) in [5.41, 5.74) is 4.02. The van der Waals surface area contributed by atoms with Crippen LogP contribution in [0.4, 0.5) is 4.39 Å². The molecule has 0 radical (unpaired) electrons. The van der Waals surface area contributed by atoms with E-state index in [9.17, 15) is 14.0 Å². The summed E-state index contributed by atoms with van der Waals surface area (Å²) in [6, 6.07) is 23.8. The number of pyridine rings is 1. The lowest BCUT2D eigenvalue weighted by Gasteiger charge is -2.24. The maximum Gasteiger partial charge on any atom is 0.252 e. The lowest BCUT2D eigenvalue weighted by molar-refractivity contribution is -0.128. The molecule has 1 aliphatic carbocycles. The van der Waals surface area contributed by atoms with Gasteiger partial charge in [0.05, 0.1) is 22.8 Å². The third-order valence-corrected chi connectivity index (χ3v) is 7.38. The molecular formula is C31H28FN3O2. The van der Waals surface area contributed by atoms with Crippen LogP contribution in [0.1, 0.15) is 53.2 Å². The summed E-state index contributed by atoms with van der Waals surface area (Å²) >= 11 is 0. The van der Waals surface area contributed by atoms with Crippen LogP contribution in [0.3, 0.4) is 0 Å². The molecule has 1 aliphatic heterocycles. The van der Waals surface area contributed by atoms with Crippen LogP contribution in [-0.4, -0.2) is 28.2 Å². The van der Waals surface area contributed by atoms with Crippen molar-refractivity contribution in [2.75, 3.05) is 6.54 Å². The van der Waals surface area contributed by atoms with Crippen LogP contribution in [0.25, 0.3) is 22.2 Å². The van der Waals surface area contributed by atoms with E-state index in [1.54, 1.807) is 17.0 Å². The number of carbonyl (C=O) groups is 2. The number of carbonyl (C=O) groups excluding carboxylic acids is 2. The average Bonchev–Trinajstić information content (AvgIpc) is 3.68. The lowest BCUT2D eigenvalue weighted by Crippen LogP contribution is -2.32. The van der Waals surface area contributed by atoms with Gasteiger partial charge in [-0.25, -0.2) is 9.37 Å². The van der Waals surface area contributed by atoms with Crippen molar-refractivity contribution >= 4 is 22.7 Å². The Balaban J connectivity index is 1.52. The molecule has 2 aliphatic rings. The smallest absolute Gasteiger partial charge is 0.252 e. The molecular weight excluding hydrogens is 465 g/mol. The fourth-order valence-electron chi connectivity index (χ4n) is 5.38. The fourth-order valence-corrected chi connectivity index (χ4v) is 5.38. The molecule has 5 nitrogen and oxygen atoms in total. The van der Waals surface area contributed by atoms with Crippen LogP contribution < -0.4 is 5.32 Å². The molecule has 4 aromatic rings. The average molecular weight is 494 g/mol. The molecule has 2 heterocycles. The van der Waals surface area contributed by atoms with Crippen molar-refractivity contribution in [2.45, 2.75) is 38.3 Å². The van der Waals surface area contributed by atoms with Crippen molar-refractivity contribution < 1.29 is 14.0 Å². The van der Waals surface area contributed by atoms with Crippen LogP contribution in [0, 0.1) is 11.7 Å². The summed E-state index contributed by atoms with van der Waals surface area (Å²) in [6.45, 7) is 0.884. The minimum atomic E-state index is -0.375. The molecule has 0 bridgehead atoms. The van der Waals surface area contributed by atoms with E-state index in [0.717, 1.165) is 30.2 Å². The Bertz CT molecular complexity index is 1480. The van der Waals surface area contributed by atoms with Crippen molar-refractivity contribution in [3.05, 3.63) is 101 Å². The molecule has 3 aromatic carbocycles. The predicted molar refractivity (Wildman–Crippen MR) is 141 cm³/mol. The number of likely N-dealkylation sites (tertiary alicyclic amines) is 1. The SMILES string of the molecule is O=C(NC(c1ccccc1)C1CC1)c1c(CN2CCCC2=O)c(-c2cccc(F)c2)nc2ccccc12. The monoisotopic (exact) mass is 493 g/mol. The summed E-state index contributed by atoms with van der Waals surface area (Å²) in [6.07, 6.45) is 3.42. The number of halogens is 1. The van der Waals surface area contributed by atoms with Crippen molar-refractivity contribution in [3.8, 4) is 11.3 Å². The maximum atomic E-state index is 14.3. The van der Waals surface area contributed by atoms with E-state index in [4.69, 9.17) is 4.98 Å². The Kier molecular flexibility index (Phi) is 6.16. The van der Waals surface area contributed by atoms with Gasteiger partial charge >= 0.3 is 0 Å². The van der Waals surface area contributed by atoms with Gasteiger partial charge in [0, 0.05) is 36.0 Å². The molecule has 1 saturated carbocycles. The quantitative estimate of drug-likeness (QED) is 0.341. The molecule has 6 rings (SSSR count). The molecule has 2 amide bonds. The second-order valence-electron chi connectivity index (χ2n) is 9.96. The number of fused-ring (bicyclic) bond motifs is 1. The summed E-state index contributed by atoms with van der Waals surface area (Å²) < 4.78 is 14.3. The van der Waals surface area contributed by atoms with Crippen LogP contribution in [-0.2, 0) is 11.3 Å². The third kappa shape index (κ3) is 4.71. The number of aromatic nitrogens is 1. The van der Waals surface area contributed by atoms with Gasteiger partial charge in [0.15, 0.2) is 0 Å². The summed E-state index contributed by atoms with van der Waals surface area (Å²) in [7, 11) is 0. The first-order valence-electron chi connectivity index (χ1n) is 12.9. The number of nitrogens with zero attached hydrogens (tertiary/aromatic N) is 2. The van der Waals surface area contributed by atoms with Gasteiger partial charge in [-0.1, -0.05) is 60.7 Å². The number of nitrogens with one attached hydrogen (secondary N) is 1. The number of hydrogen-bond donors (Lipinski definition) is 1. The molecule has 37 heavy (non-hydrogen) atoms. The molecule has 0 spiro atoms. The molecule has 1 unspecified atom stereocenters. The van der Waals surface area contributed by atoms with E-state index in [1.165, 1.54) is 12.1 Å². The Hall–Kier alpha value is -4.06. The highest BCUT2D eigenvalue weighted by Gasteiger charge is 2.35. The Morgan fingerprint density at radius 2 is 1.81 bits per heavy atom. The number of rotatable bonds is 7. The Labute approximate surface area is 215 Å². The molecule has 6 heteroatoms. The topological polar surface area (TPSA) is 62.3 Å². The minimum absolute atomic E-state index is 0.0600. The van der Waals surface area contributed by atoms with Gasteiger partial charge < -0.3 is 10.2 Å². The standard InChI is InChI=1S/C31H28FN3O2/c32-23-11-6-10-22(18-23)30-25(19-35-17-7-14-27(35)36)28(24-12-4-5-13-26(24)33-30)31(37)34-29(21-15-16-21)20-8-2-1-3-9-20/h1-6,8-13,18,21,29H,7,14-17,19H2,(H,34,37). The first-order chi connectivity index (χ1) is 18.1. The van der Waals surface area contributed by atoms with E-state index in [0.29, 0.717) is 46.8 Å². The maximum absolute atomic E-state index is 14.3. The van der Waals surface area contributed by atoms with Crippen LogP contribution in [0.15, 0.2) is 78.9 Å². The van der Waals surface area contributed by atoms with E-state index < -0.39 is 0 Å². The predicted octanol–water partition coefficient (Wildman–Crippen LogP) is 6.04. The second kappa shape index (κ2) is 9.77. The number of para-hydroxylation sites is 1. The molecule has 1 atom stereocenters. The van der Waals surface area contributed by atoms with Gasteiger partial charge in [-0.3, -0.25) is 9.59 Å². The van der Waals surface area contributed by atoms with E-state index >= 15 is 0 Å². The molecule has 1 saturated heterocycles. The zero-order valence-electron chi connectivity index (χ0n) is 20.5. The van der Waals surface area contributed by atoms with Crippen molar-refractivity contribution in [3.63, 3.8) is 0 Å². The van der Waals surface area contributed by atoms with E-state index in [1.807, 2.05) is 42.5 Å². The van der Waals surface area contributed by atoms with Crippen LogP contribution >= 0.6 is 0 Å². The van der Waals surface area contributed by atoms with Gasteiger partial charge in [-0.15, -0.1) is 0 Å². The Morgan fingerprint density at radius 3 is 2.54 bits per heavy atom. The number of hydrogen-bond acceptors (Lipinski definition) is 3. The van der Waals surface area contributed by atoms with Crippen LogP contribution in [0.2, 0.25) is 0 Å².